The number of aliphatic carboxylic acids is 1. The third-order valence-corrected chi connectivity index (χ3v) is 5.63. The van der Waals surface area contributed by atoms with Gasteiger partial charge in [-0.25, -0.2) is 0 Å². The molecule has 2 aliphatic rings. The Balaban J connectivity index is 1.83. The normalized spacial score (nSPS) is 36.7. The van der Waals surface area contributed by atoms with Crippen molar-refractivity contribution in [2.45, 2.75) is 69.2 Å². The van der Waals surface area contributed by atoms with Crippen LogP contribution in [-0.2, 0) is 4.79 Å². The Morgan fingerprint density at radius 3 is 2.78 bits per heavy atom. The molecule has 3 nitrogen and oxygen atoms in total. The van der Waals surface area contributed by atoms with Crippen LogP contribution < -0.4 is 5.32 Å². The molecule has 18 heavy (non-hydrogen) atoms. The molecule has 2 N–H and O–H groups in total. The number of hydrogen-bond acceptors (Lipinski definition) is 3. The highest BCUT2D eigenvalue weighted by atomic mass is 32.2. The molecule has 4 atom stereocenters. The van der Waals surface area contributed by atoms with Gasteiger partial charge in [-0.15, -0.1) is 0 Å². The summed E-state index contributed by atoms with van der Waals surface area (Å²) < 4.78 is 0. The first-order valence-corrected chi connectivity index (χ1v) is 8.36. The van der Waals surface area contributed by atoms with Crippen molar-refractivity contribution in [3.63, 3.8) is 0 Å². The second-order valence-electron chi connectivity index (χ2n) is 5.60. The van der Waals surface area contributed by atoms with Crippen LogP contribution in [0.3, 0.4) is 0 Å². The molecule has 0 radical (unpaired) electrons. The van der Waals surface area contributed by atoms with Gasteiger partial charge in [-0.05, 0) is 37.9 Å². The maximum atomic E-state index is 11.1. The molecule has 4 unspecified atom stereocenters. The van der Waals surface area contributed by atoms with Crippen LogP contribution in [0.15, 0.2) is 0 Å². The van der Waals surface area contributed by atoms with Crippen molar-refractivity contribution in [1.29, 1.82) is 0 Å². The molecule has 0 saturated heterocycles. The average Bonchev–Trinajstić information content (AvgIpc) is 2.77. The van der Waals surface area contributed by atoms with E-state index >= 15 is 0 Å². The fourth-order valence-electron chi connectivity index (χ4n) is 3.40. The number of carbonyl (C=O) groups is 1. The number of hydrogen-bond donors (Lipinski definition) is 2. The van der Waals surface area contributed by atoms with Crippen molar-refractivity contribution in [2.75, 3.05) is 5.75 Å². The van der Waals surface area contributed by atoms with Gasteiger partial charge < -0.3 is 10.4 Å². The van der Waals surface area contributed by atoms with Crippen LogP contribution in [0.5, 0.6) is 0 Å². The molecule has 2 saturated carbocycles. The monoisotopic (exact) mass is 271 g/mol. The van der Waals surface area contributed by atoms with E-state index in [-0.39, 0.29) is 5.92 Å². The smallest absolute Gasteiger partial charge is 0.306 e. The molecule has 0 aromatic rings. The van der Waals surface area contributed by atoms with E-state index in [1.807, 2.05) is 0 Å². The zero-order valence-corrected chi connectivity index (χ0v) is 12.0. The van der Waals surface area contributed by atoms with Gasteiger partial charge in [-0.2, -0.15) is 11.8 Å². The van der Waals surface area contributed by atoms with Crippen molar-refractivity contribution >= 4 is 17.7 Å². The first-order chi connectivity index (χ1) is 8.70. The minimum absolute atomic E-state index is 0.116. The Hall–Kier alpha value is -0.220. The maximum Gasteiger partial charge on any atom is 0.306 e. The summed E-state index contributed by atoms with van der Waals surface area (Å²) in [6.07, 6.45) is 7.83. The van der Waals surface area contributed by atoms with Gasteiger partial charge in [0.25, 0.3) is 0 Å². The molecular formula is C14H25NO2S. The number of rotatable bonds is 5. The molecule has 104 valence electrons. The zero-order chi connectivity index (χ0) is 13.0. The third kappa shape index (κ3) is 3.64. The summed E-state index contributed by atoms with van der Waals surface area (Å²) in [6, 6.07) is 1.05. The van der Waals surface area contributed by atoms with E-state index < -0.39 is 5.97 Å². The Morgan fingerprint density at radius 2 is 2.06 bits per heavy atom. The summed E-state index contributed by atoms with van der Waals surface area (Å²) in [7, 11) is 0. The molecule has 0 aromatic carbocycles. The molecule has 2 rings (SSSR count). The molecule has 0 heterocycles. The fraction of sp³-hybridized carbons (Fsp3) is 0.929. The number of carboxylic acid groups (broad SMARTS) is 1. The van der Waals surface area contributed by atoms with Gasteiger partial charge in [-0.1, -0.05) is 19.8 Å². The van der Waals surface area contributed by atoms with E-state index in [9.17, 15) is 4.79 Å². The number of nitrogens with one attached hydrogen (secondary N) is 1. The van der Waals surface area contributed by atoms with Crippen molar-refractivity contribution in [3.05, 3.63) is 0 Å². The van der Waals surface area contributed by atoms with Gasteiger partial charge in [0.2, 0.25) is 0 Å². The molecule has 2 fully saturated rings. The zero-order valence-electron chi connectivity index (χ0n) is 11.2. The first kappa shape index (κ1) is 14.2. The molecule has 0 aliphatic heterocycles. The van der Waals surface area contributed by atoms with Crippen LogP contribution in [0.25, 0.3) is 0 Å². The van der Waals surface area contributed by atoms with E-state index in [1.54, 1.807) is 0 Å². The summed E-state index contributed by atoms with van der Waals surface area (Å²) in [5.41, 5.74) is 0. The van der Waals surface area contributed by atoms with Gasteiger partial charge in [0, 0.05) is 17.3 Å². The molecule has 0 bridgehead atoms. The first-order valence-electron chi connectivity index (χ1n) is 7.31. The molecule has 0 aromatic heterocycles. The summed E-state index contributed by atoms with van der Waals surface area (Å²) in [4.78, 5) is 11.1. The number of carboxylic acids is 1. The maximum absolute atomic E-state index is 11.1. The van der Waals surface area contributed by atoms with Crippen molar-refractivity contribution in [3.8, 4) is 0 Å². The lowest BCUT2D eigenvalue weighted by Crippen LogP contribution is -2.44. The van der Waals surface area contributed by atoms with Gasteiger partial charge >= 0.3 is 5.97 Å². The van der Waals surface area contributed by atoms with E-state index in [1.165, 1.54) is 25.0 Å². The summed E-state index contributed by atoms with van der Waals surface area (Å²) >= 11 is 2.06. The molecular weight excluding hydrogens is 246 g/mol. The Kier molecular flexibility index (Phi) is 5.37. The standard InChI is InChI=1S/C14H25NO2S/c1-2-18-13-8-4-7-12(13)15-11-6-3-5-10(9-11)14(16)17/h10-13,15H,2-9H2,1H3,(H,16,17). The van der Waals surface area contributed by atoms with Gasteiger partial charge in [0.15, 0.2) is 0 Å². The van der Waals surface area contributed by atoms with E-state index in [0.717, 1.165) is 30.9 Å². The van der Waals surface area contributed by atoms with Crippen molar-refractivity contribution in [1.82, 2.24) is 5.32 Å². The highest BCUT2D eigenvalue weighted by molar-refractivity contribution is 7.99. The highest BCUT2D eigenvalue weighted by Gasteiger charge is 2.32. The quantitative estimate of drug-likeness (QED) is 0.807. The summed E-state index contributed by atoms with van der Waals surface area (Å²) in [5, 5.41) is 13.6. The lowest BCUT2D eigenvalue weighted by atomic mass is 9.85. The Bertz CT molecular complexity index is 285. The van der Waals surface area contributed by atoms with Crippen LogP contribution in [0.1, 0.15) is 51.9 Å². The van der Waals surface area contributed by atoms with Crippen molar-refractivity contribution in [2.24, 2.45) is 5.92 Å². The molecule has 0 spiro atoms. The molecule has 0 amide bonds. The van der Waals surface area contributed by atoms with E-state index in [4.69, 9.17) is 5.11 Å². The van der Waals surface area contributed by atoms with Gasteiger partial charge in [0.05, 0.1) is 5.92 Å². The average molecular weight is 271 g/mol. The number of thioether (sulfide) groups is 1. The topological polar surface area (TPSA) is 49.3 Å². The second kappa shape index (κ2) is 6.80. The highest BCUT2D eigenvalue weighted by Crippen LogP contribution is 2.32. The fourth-order valence-corrected chi connectivity index (χ4v) is 4.61. The lowest BCUT2D eigenvalue weighted by molar-refractivity contribution is -0.143. The van der Waals surface area contributed by atoms with E-state index in [2.05, 4.69) is 24.0 Å². The lowest BCUT2D eigenvalue weighted by Gasteiger charge is -2.32. The van der Waals surface area contributed by atoms with Crippen LogP contribution in [0.2, 0.25) is 0 Å². The SMILES string of the molecule is CCSC1CCCC1NC1CCCC(C(=O)O)C1. The van der Waals surface area contributed by atoms with E-state index in [0.29, 0.717) is 12.1 Å². The largest absolute Gasteiger partial charge is 0.481 e. The van der Waals surface area contributed by atoms with Crippen LogP contribution >= 0.6 is 11.8 Å². The molecule has 4 heteroatoms. The Labute approximate surface area is 114 Å². The summed E-state index contributed by atoms with van der Waals surface area (Å²) in [6.45, 7) is 2.22. The minimum atomic E-state index is -0.604. The van der Waals surface area contributed by atoms with Gasteiger partial charge in [-0.3, -0.25) is 4.79 Å². The van der Waals surface area contributed by atoms with Crippen LogP contribution in [0, 0.1) is 5.92 Å². The van der Waals surface area contributed by atoms with Crippen LogP contribution in [0.4, 0.5) is 0 Å². The predicted molar refractivity (Wildman–Crippen MR) is 76.1 cm³/mol. The van der Waals surface area contributed by atoms with Gasteiger partial charge in [0.1, 0.15) is 0 Å². The Morgan fingerprint density at radius 1 is 1.28 bits per heavy atom. The predicted octanol–water partition coefficient (Wildman–Crippen LogP) is 2.89. The van der Waals surface area contributed by atoms with Crippen molar-refractivity contribution < 1.29 is 9.90 Å². The third-order valence-electron chi connectivity index (χ3n) is 4.31. The second-order valence-corrected chi connectivity index (χ2v) is 7.11. The molecule has 2 aliphatic carbocycles. The summed E-state index contributed by atoms with van der Waals surface area (Å²) in [5.74, 6) is 0.466. The van der Waals surface area contributed by atoms with Crippen LogP contribution in [-0.4, -0.2) is 34.2 Å². The minimum Gasteiger partial charge on any atom is -0.481 e.